The SMILES string of the molecule is CCN1C(=O)NC(c2ccccc2)C(C(=O)c2cccs2)C1(O)C(F)(F)F. The number of hydrogen-bond acceptors (Lipinski definition) is 4. The summed E-state index contributed by atoms with van der Waals surface area (Å²) in [6, 6.07) is 8.40. The Balaban J connectivity index is 2.22. The van der Waals surface area contributed by atoms with Gasteiger partial charge in [0.05, 0.1) is 10.9 Å². The number of amides is 2. The summed E-state index contributed by atoms with van der Waals surface area (Å²) in [6.45, 7) is 0.892. The maximum absolute atomic E-state index is 14.1. The van der Waals surface area contributed by atoms with Crippen molar-refractivity contribution in [3.63, 3.8) is 0 Å². The number of nitrogens with one attached hydrogen (secondary N) is 1. The van der Waals surface area contributed by atoms with E-state index >= 15 is 0 Å². The summed E-state index contributed by atoms with van der Waals surface area (Å²) in [5.41, 5.74) is -3.33. The number of ketones is 1. The van der Waals surface area contributed by atoms with Crippen LogP contribution in [0.4, 0.5) is 18.0 Å². The Morgan fingerprint density at radius 2 is 1.93 bits per heavy atom. The zero-order chi connectivity index (χ0) is 19.8. The standard InChI is InChI=1S/C18H17F3N2O3S/c1-2-23-16(25)22-14(11-7-4-3-5-8-11)13(17(23,26)18(19,20)21)15(24)12-9-6-10-27-12/h3-10,13-14,26H,2H2,1H3,(H,22,25). The second kappa shape index (κ2) is 6.97. The van der Waals surface area contributed by atoms with Crippen LogP contribution in [0.2, 0.25) is 0 Å². The quantitative estimate of drug-likeness (QED) is 0.774. The Hall–Kier alpha value is -2.39. The fourth-order valence-electron chi connectivity index (χ4n) is 3.41. The van der Waals surface area contributed by atoms with Gasteiger partial charge in [-0.1, -0.05) is 36.4 Å². The van der Waals surface area contributed by atoms with E-state index < -0.39 is 42.2 Å². The molecule has 0 aliphatic carbocycles. The molecule has 1 aromatic carbocycles. The second-order valence-corrected chi connectivity index (χ2v) is 7.07. The average Bonchev–Trinajstić information content (AvgIpc) is 3.15. The summed E-state index contributed by atoms with van der Waals surface area (Å²) in [6.07, 6.45) is -5.23. The van der Waals surface area contributed by atoms with E-state index in [1.165, 1.54) is 25.1 Å². The number of benzene rings is 1. The number of nitrogens with zero attached hydrogens (tertiary/aromatic N) is 1. The van der Waals surface area contributed by atoms with Crippen LogP contribution in [0.5, 0.6) is 0 Å². The van der Waals surface area contributed by atoms with E-state index in [-0.39, 0.29) is 9.78 Å². The molecule has 0 saturated carbocycles. The zero-order valence-corrected chi connectivity index (χ0v) is 15.1. The molecule has 2 aromatic rings. The summed E-state index contributed by atoms with van der Waals surface area (Å²) in [7, 11) is 0. The highest BCUT2D eigenvalue weighted by atomic mass is 32.1. The molecule has 3 rings (SSSR count). The maximum atomic E-state index is 14.1. The highest BCUT2D eigenvalue weighted by Gasteiger charge is 2.69. The molecule has 9 heteroatoms. The van der Waals surface area contributed by atoms with Gasteiger partial charge in [0, 0.05) is 6.54 Å². The highest BCUT2D eigenvalue weighted by molar-refractivity contribution is 7.12. The monoisotopic (exact) mass is 398 g/mol. The van der Waals surface area contributed by atoms with Crippen LogP contribution in [0.1, 0.15) is 28.2 Å². The molecule has 1 fully saturated rings. The van der Waals surface area contributed by atoms with Gasteiger partial charge < -0.3 is 10.4 Å². The van der Waals surface area contributed by atoms with Gasteiger partial charge in [0.2, 0.25) is 0 Å². The lowest BCUT2D eigenvalue weighted by Crippen LogP contribution is -2.73. The van der Waals surface area contributed by atoms with Crippen molar-refractivity contribution >= 4 is 23.2 Å². The van der Waals surface area contributed by atoms with Crippen LogP contribution in [-0.2, 0) is 0 Å². The molecule has 1 aliphatic heterocycles. The number of halogens is 3. The second-order valence-electron chi connectivity index (χ2n) is 6.13. The first-order valence-electron chi connectivity index (χ1n) is 8.21. The number of Topliss-reactive ketones (excluding diaryl/α,β-unsaturated/α-hetero) is 1. The number of urea groups is 1. The molecule has 1 aliphatic rings. The fourth-order valence-corrected chi connectivity index (χ4v) is 4.11. The average molecular weight is 398 g/mol. The van der Waals surface area contributed by atoms with E-state index in [1.807, 2.05) is 0 Å². The molecule has 144 valence electrons. The third-order valence-electron chi connectivity index (χ3n) is 4.64. The Kier molecular flexibility index (Phi) is 5.00. The molecule has 3 unspecified atom stereocenters. The molecule has 2 amide bonds. The van der Waals surface area contributed by atoms with E-state index in [0.717, 1.165) is 11.3 Å². The summed E-state index contributed by atoms with van der Waals surface area (Å²) in [5.74, 6) is -2.84. The van der Waals surface area contributed by atoms with E-state index in [1.54, 1.807) is 29.6 Å². The van der Waals surface area contributed by atoms with Crippen molar-refractivity contribution < 1.29 is 27.9 Å². The van der Waals surface area contributed by atoms with Crippen LogP contribution < -0.4 is 5.32 Å². The predicted octanol–water partition coefficient (Wildman–Crippen LogP) is 3.58. The normalized spacial score (nSPS) is 26.0. The van der Waals surface area contributed by atoms with Crippen molar-refractivity contribution in [3.8, 4) is 0 Å². The van der Waals surface area contributed by atoms with Crippen molar-refractivity contribution in [1.82, 2.24) is 10.2 Å². The van der Waals surface area contributed by atoms with Crippen molar-refractivity contribution in [2.45, 2.75) is 24.9 Å². The minimum atomic E-state index is -5.23. The third-order valence-corrected chi connectivity index (χ3v) is 5.53. The van der Waals surface area contributed by atoms with Crippen molar-refractivity contribution in [2.24, 2.45) is 5.92 Å². The van der Waals surface area contributed by atoms with E-state index in [9.17, 15) is 27.9 Å². The minimum absolute atomic E-state index is 0.0795. The van der Waals surface area contributed by atoms with Gasteiger partial charge in [-0.15, -0.1) is 11.3 Å². The summed E-state index contributed by atoms with van der Waals surface area (Å²) in [4.78, 5) is 25.8. The number of carbonyl (C=O) groups excluding carboxylic acids is 2. The third kappa shape index (κ3) is 3.10. The molecular weight excluding hydrogens is 381 g/mol. The van der Waals surface area contributed by atoms with Crippen LogP contribution >= 0.6 is 11.3 Å². The molecule has 1 aromatic heterocycles. The van der Waals surface area contributed by atoms with Crippen LogP contribution in [0.25, 0.3) is 0 Å². The number of carbonyl (C=O) groups is 2. The number of alkyl halides is 3. The summed E-state index contributed by atoms with van der Waals surface area (Å²) in [5, 5.41) is 14.9. The minimum Gasteiger partial charge on any atom is -0.363 e. The zero-order valence-electron chi connectivity index (χ0n) is 14.2. The summed E-state index contributed by atoms with van der Waals surface area (Å²) < 4.78 is 42.2. The molecule has 0 spiro atoms. The van der Waals surface area contributed by atoms with Crippen molar-refractivity contribution in [3.05, 3.63) is 58.3 Å². The van der Waals surface area contributed by atoms with Gasteiger partial charge >= 0.3 is 12.2 Å². The van der Waals surface area contributed by atoms with Gasteiger partial charge in [-0.25, -0.2) is 4.79 Å². The molecule has 2 N–H and O–H groups in total. The number of aliphatic hydroxyl groups is 1. The van der Waals surface area contributed by atoms with Gasteiger partial charge in [-0.3, -0.25) is 9.69 Å². The van der Waals surface area contributed by atoms with Crippen molar-refractivity contribution in [2.75, 3.05) is 6.54 Å². The topological polar surface area (TPSA) is 69.6 Å². The first-order valence-corrected chi connectivity index (χ1v) is 9.09. The van der Waals surface area contributed by atoms with E-state index in [2.05, 4.69) is 5.32 Å². The van der Waals surface area contributed by atoms with Gasteiger partial charge in [0.1, 0.15) is 5.92 Å². The first-order chi connectivity index (χ1) is 12.7. The van der Waals surface area contributed by atoms with Gasteiger partial charge in [0.25, 0.3) is 5.72 Å². The smallest absolute Gasteiger partial charge is 0.363 e. The lowest BCUT2D eigenvalue weighted by molar-refractivity contribution is -0.326. The van der Waals surface area contributed by atoms with Crippen LogP contribution in [0.15, 0.2) is 47.8 Å². The molecule has 2 heterocycles. The fraction of sp³-hybridized carbons (Fsp3) is 0.333. The van der Waals surface area contributed by atoms with Crippen LogP contribution in [0.3, 0.4) is 0 Å². The molecule has 1 saturated heterocycles. The Morgan fingerprint density at radius 1 is 1.26 bits per heavy atom. The molecular formula is C18H17F3N2O3S. The van der Waals surface area contributed by atoms with Gasteiger partial charge in [-0.05, 0) is 23.9 Å². The van der Waals surface area contributed by atoms with Crippen LogP contribution in [0, 0.1) is 5.92 Å². The highest BCUT2D eigenvalue weighted by Crippen LogP contribution is 2.48. The lowest BCUT2D eigenvalue weighted by atomic mass is 9.77. The lowest BCUT2D eigenvalue weighted by Gasteiger charge is -2.50. The van der Waals surface area contributed by atoms with E-state index in [4.69, 9.17) is 0 Å². The maximum Gasteiger partial charge on any atom is 0.437 e. The van der Waals surface area contributed by atoms with Gasteiger partial charge in [0.15, 0.2) is 5.78 Å². The Labute approximate surface area is 157 Å². The number of rotatable bonds is 4. The predicted molar refractivity (Wildman–Crippen MR) is 93.2 cm³/mol. The van der Waals surface area contributed by atoms with Crippen LogP contribution in [-0.4, -0.2) is 40.3 Å². The van der Waals surface area contributed by atoms with Crippen molar-refractivity contribution in [1.29, 1.82) is 0 Å². The Bertz CT molecular complexity index is 826. The largest absolute Gasteiger partial charge is 0.437 e. The number of hydrogen-bond donors (Lipinski definition) is 2. The molecule has 27 heavy (non-hydrogen) atoms. The van der Waals surface area contributed by atoms with E-state index in [0.29, 0.717) is 5.56 Å². The van der Waals surface area contributed by atoms with Gasteiger partial charge in [-0.2, -0.15) is 13.2 Å². The number of thiophene rings is 1. The Morgan fingerprint density at radius 3 is 2.44 bits per heavy atom. The summed E-state index contributed by atoms with van der Waals surface area (Å²) >= 11 is 0.984. The molecule has 0 radical (unpaired) electrons. The molecule has 3 atom stereocenters. The first kappa shape index (κ1) is 19.4. The molecule has 0 bridgehead atoms. The molecule has 5 nitrogen and oxygen atoms in total.